The molecule has 1 atom stereocenters. The van der Waals surface area contributed by atoms with E-state index in [4.69, 9.17) is 10.2 Å². The molecule has 0 aliphatic carbocycles. The molecular formula is C15H17NO3. The summed E-state index contributed by atoms with van der Waals surface area (Å²) in [5.41, 5.74) is 0.926. The Morgan fingerprint density at radius 1 is 1.16 bits per heavy atom. The molecule has 19 heavy (non-hydrogen) atoms. The summed E-state index contributed by atoms with van der Waals surface area (Å²) in [5, 5.41) is 22.6. The molecule has 4 heteroatoms. The van der Waals surface area contributed by atoms with E-state index in [1.54, 1.807) is 0 Å². The van der Waals surface area contributed by atoms with Crippen LogP contribution in [-0.4, -0.2) is 35.4 Å². The second-order valence-corrected chi connectivity index (χ2v) is 4.50. The standard InChI is InChI=1S/C15H17NO3/c17-10-14(18)9-16-15(19)8-11-5-6-12-3-1-2-4-13(12)7-11/h1-7,14,17-18H,8-10H2,(H,16,19). The van der Waals surface area contributed by atoms with Crippen LogP contribution in [0.3, 0.4) is 0 Å². The van der Waals surface area contributed by atoms with Crippen molar-refractivity contribution in [1.29, 1.82) is 0 Å². The van der Waals surface area contributed by atoms with E-state index in [-0.39, 0.29) is 25.5 Å². The summed E-state index contributed by atoms with van der Waals surface area (Å²) in [6.07, 6.45) is -0.635. The molecule has 1 amide bonds. The van der Waals surface area contributed by atoms with Crippen LogP contribution in [-0.2, 0) is 11.2 Å². The van der Waals surface area contributed by atoms with Crippen molar-refractivity contribution in [3.05, 3.63) is 48.0 Å². The van der Waals surface area contributed by atoms with Crippen LogP contribution in [0.15, 0.2) is 42.5 Å². The Bertz CT molecular complexity index is 568. The minimum atomic E-state index is -0.902. The van der Waals surface area contributed by atoms with E-state index in [1.165, 1.54) is 0 Å². The van der Waals surface area contributed by atoms with E-state index in [0.717, 1.165) is 16.3 Å². The van der Waals surface area contributed by atoms with Crippen LogP contribution in [0.5, 0.6) is 0 Å². The lowest BCUT2D eigenvalue weighted by atomic mass is 10.0. The zero-order valence-electron chi connectivity index (χ0n) is 10.5. The summed E-state index contributed by atoms with van der Waals surface area (Å²) < 4.78 is 0. The maximum absolute atomic E-state index is 11.7. The molecule has 0 fully saturated rings. The molecule has 100 valence electrons. The van der Waals surface area contributed by atoms with Gasteiger partial charge in [-0.25, -0.2) is 0 Å². The zero-order valence-corrected chi connectivity index (χ0v) is 10.5. The molecule has 0 heterocycles. The largest absolute Gasteiger partial charge is 0.394 e. The van der Waals surface area contributed by atoms with Crippen LogP contribution in [0.1, 0.15) is 5.56 Å². The van der Waals surface area contributed by atoms with Crippen molar-refractivity contribution >= 4 is 16.7 Å². The van der Waals surface area contributed by atoms with Crippen molar-refractivity contribution in [2.75, 3.05) is 13.2 Å². The molecule has 3 N–H and O–H groups in total. The number of fused-ring (bicyclic) bond motifs is 1. The summed E-state index contributed by atoms with van der Waals surface area (Å²) in [4.78, 5) is 11.7. The Balaban J connectivity index is 1.99. The molecule has 4 nitrogen and oxygen atoms in total. The highest BCUT2D eigenvalue weighted by Gasteiger charge is 2.07. The molecule has 0 saturated heterocycles. The second kappa shape index (κ2) is 6.31. The van der Waals surface area contributed by atoms with Crippen LogP contribution >= 0.6 is 0 Å². The number of hydrogen-bond donors (Lipinski definition) is 3. The molecule has 0 aliphatic heterocycles. The quantitative estimate of drug-likeness (QED) is 0.745. The maximum atomic E-state index is 11.7. The van der Waals surface area contributed by atoms with E-state index in [2.05, 4.69) is 5.32 Å². The SMILES string of the molecule is O=C(Cc1ccc2ccccc2c1)NCC(O)CO. The fourth-order valence-corrected chi connectivity index (χ4v) is 1.89. The average Bonchev–Trinajstić information content (AvgIpc) is 2.44. The first-order valence-electron chi connectivity index (χ1n) is 6.22. The second-order valence-electron chi connectivity index (χ2n) is 4.50. The normalized spacial score (nSPS) is 12.3. The number of aliphatic hydroxyl groups is 2. The smallest absolute Gasteiger partial charge is 0.224 e. The van der Waals surface area contributed by atoms with Crippen LogP contribution < -0.4 is 5.32 Å². The Hall–Kier alpha value is -1.91. The first-order chi connectivity index (χ1) is 9.19. The molecule has 0 bridgehead atoms. The first kappa shape index (κ1) is 13.5. The summed E-state index contributed by atoms with van der Waals surface area (Å²) in [5.74, 6) is -0.164. The van der Waals surface area contributed by atoms with Gasteiger partial charge in [-0.3, -0.25) is 4.79 Å². The first-order valence-corrected chi connectivity index (χ1v) is 6.22. The van der Waals surface area contributed by atoms with Gasteiger partial charge in [-0.2, -0.15) is 0 Å². The summed E-state index contributed by atoms with van der Waals surface area (Å²) in [7, 11) is 0. The van der Waals surface area contributed by atoms with Gasteiger partial charge in [0, 0.05) is 6.54 Å². The van der Waals surface area contributed by atoms with Crippen molar-refractivity contribution in [3.8, 4) is 0 Å². The highest BCUT2D eigenvalue weighted by atomic mass is 16.3. The van der Waals surface area contributed by atoms with Crippen molar-refractivity contribution in [1.82, 2.24) is 5.32 Å². The summed E-state index contributed by atoms with van der Waals surface area (Å²) in [6, 6.07) is 13.9. The number of hydrogen-bond acceptors (Lipinski definition) is 3. The summed E-state index contributed by atoms with van der Waals surface area (Å²) in [6.45, 7) is -0.279. The third-order valence-corrected chi connectivity index (χ3v) is 2.92. The predicted octanol–water partition coefficient (Wildman–Crippen LogP) is 0.852. The summed E-state index contributed by atoms with van der Waals surface area (Å²) >= 11 is 0. The monoisotopic (exact) mass is 259 g/mol. The van der Waals surface area contributed by atoms with E-state index >= 15 is 0 Å². The highest BCUT2D eigenvalue weighted by molar-refractivity contribution is 5.85. The molecule has 0 aliphatic rings. The fourth-order valence-electron chi connectivity index (χ4n) is 1.89. The topological polar surface area (TPSA) is 69.6 Å². The number of benzene rings is 2. The van der Waals surface area contributed by atoms with Crippen molar-refractivity contribution in [3.63, 3.8) is 0 Å². The van der Waals surface area contributed by atoms with Crippen molar-refractivity contribution < 1.29 is 15.0 Å². The van der Waals surface area contributed by atoms with Gasteiger partial charge in [-0.15, -0.1) is 0 Å². The van der Waals surface area contributed by atoms with Gasteiger partial charge in [-0.1, -0.05) is 42.5 Å². The molecular weight excluding hydrogens is 242 g/mol. The average molecular weight is 259 g/mol. The van der Waals surface area contributed by atoms with Gasteiger partial charge in [0.1, 0.15) is 0 Å². The third-order valence-electron chi connectivity index (χ3n) is 2.92. The lowest BCUT2D eigenvalue weighted by Crippen LogP contribution is -2.34. The van der Waals surface area contributed by atoms with Crippen LogP contribution in [0.25, 0.3) is 10.8 Å². The Labute approximate surface area is 111 Å². The Morgan fingerprint density at radius 2 is 1.89 bits per heavy atom. The third kappa shape index (κ3) is 3.77. The molecule has 0 aromatic heterocycles. The number of carbonyl (C=O) groups excluding carboxylic acids is 1. The number of aliphatic hydroxyl groups excluding tert-OH is 2. The molecule has 1 unspecified atom stereocenters. The van der Waals surface area contributed by atoms with E-state index in [9.17, 15) is 4.79 Å². The number of carbonyl (C=O) groups is 1. The van der Waals surface area contributed by atoms with Gasteiger partial charge in [0.15, 0.2) is 0 Å². The molecule has 2 aromatic carbocycles. The number of amides is 1. The minimum Gasteiger partial charge on any atom is -0.394 e. The lowest BCUT2D eigenvalue weighted by Gasteiger charge is -2.09. The van der Waals surface area contributed by atoms with E-state index in [0.29, 0.717) is 0 Å². The Kier molecular flexibility index (Phi) is 4.49. The van der Waals surface area contributed by atoms with Gasteiger partial charge >= 0.3 is 0 Å². The molecule has 0 radical (unpaired) electrons. The van der Waals surface area contributed by atoms with E-state index < -0.39 is 6.10 Å². The number of rotatable bonds is 5. The predicted molar refractivity (Wildman–Crippen MR) is 73.8 cm³/mol. The van der Waals surface area contributed by atoms with Gasteiger partial charge in [0.25, 0.3) is 0 Å². The van der Waals surface area contributed by atoms with Crippen molar-refractivity contribution in [2.24, 2.45) is 0 Å². The molecule has 0 saturated carbocycles. The van der Waals surface area contributed by atoms with Gasteiger partial charge in [0.2, 0.25) is 5.91 Å². The van der Waals surface area contributed by atoms with Gasteiger partial charge < -0.3 is 15.5 Å². The molecule has 2 aromatic rings. The van der Waals surface area contributed by atoms with Gasteiger partial charge in [0.05, 0.1) is 19.1 Å². The maximum Gasteiger partial charge on any atom is 0.224 e. The van der Waals surface area contributed by atoms with Crippen LogP contribution in [0.2, 0.25) is 0 Å². The van der Waals surface area contributed by atoms with Crippen molar-refractivity contribution in [2.45, 2.75) is 12.5 Å². The fraction of sp³-hybridized carbons (Fsp3) is 0.267. The van der Waals surface area contributed by atoms with Crippen LogP contribution in [0.4, 0.5) is 0 Å². The Morgan fingerprint density at radius 3 is 2.63 bits per heavy atom. The molecule has 0 spiro atoms. The zero-order chi connectivity index (χ0) is 13.7. The molecule has 2 rings (SSSR count). The minimum absolute atomic E-state index is 0.0723. The highest BCUT2D eigenvalue weighted by Crippen LogP contribution is 2.15. The lowest BCUT2D eigenvalue weighted by molar-refractivity contribution is -0.121. The van der Waals surface area contributed by atoms with Gasteiger partial charge in [-0.05, 0) is 16.3 Å². The van der Waals surface area contributed by atoms with E-state index in [1.807, 2.05) is 42.5 Å². The van der Waals surface area contributed by atoms with Crippen LogP contribution in [0, 0.1) is 0 Å². The number of nitrogens with one attached hydrogen (secondary N) is 1.